The monoisotopic (exact) mass is 247 g/mol. The Morgan fingerprint density at radius 3 is 2.83 bits per heavy atom. The topological polar surface area (TPSA) is 62.5 Å². The van der Waals surface area contributed by atoms with Gasteiger partial charge in [-0.05, 0) is 31.4 Å². The highest BCUT2D eigenvalue weighted by molar-refractivity contribution is 5.46. The van der Waals surface area contributed by atoms with Gasteiger partial charge in [0.05, 0.1) is 24.8 Å². The number of hydrogen-bond acceptors (Lipinski definition) is 4. The van der Waals surface area contributed by atoms with Crippen molar-refractivity contribution in [2.24, 2.45) is 0 Å². The minimum absolute atomic E-state index is 0.0237. The van der Waals surface area contributed by atoms with Crippen molar-refractivity contribution >= 4 is 0 Å². The fourth-order valence-corrected chi connectivity index (χ4v) is 2.24. The SMILES string of the molecule is COc1cc(C#N)ccc1OC1CCCC(O)C1. The van der Waals surface area contributed by atoms with E-state index >= 15 is 0 Å². The first-order valence-corrected chi connectivity index (χ1v) is 6.16. The average molecular weight is 247 g/mol. The molecule has 0 amide bonds. The summed E-state index contributed by atoms with van der Waals surface area (Å²) in [6.45, 7) is 0. The molecule has 2 unspecified atom stereocenters. The summed E-state index contributed by atoms with van der Waals surface area (Å²) in [6, 6.07) is 7.18. The summed E-state index contributed by atoms with van der Waals surface area (Å²) in [5.41, 5.74) is 0.544. The van der Waals surface area contributed by atoms with Crippen molar-refractivity contribution in [1.29, 1.82) is 5.26 Å². The van der Waals surface area contributed by atoms with Crippen molar-refractivity contribution in [2.45, 2.75) is 37.9 Å². The van der Waals surface area contributed by atoms with Gasteiger partial charge in [-0.25, -0.2) is 0 Å². The molecule has 1 aromatic carbocycles. The third-order valence-electron chi connectivity index (χ3n) is 3.18. The van der Waals surface area contributed by atoms with Crippen molar-refractivity contribution in [3.63, 3.8) is 0 Å². The lowest BCUT2D eigenvalue weighted by Crippen LogP contribution is -2.28. The maximum absolute atomic E-state index is 9.61. The number of methoxy groups -OCH3 is 1. The standard InChI is InChI=1S/C14H17NO3/c1-17-14-7-10(9-15)5-6-13(14)18-12-4-2-3-11(16)8-12/h5-7,11-12,16H,2-4,8H2,1H3. The van der Waals surface area contributed by atoms with E-state index in [-0.39, 0.29) is 12.2 Å². The van der Waals surface area contributed by atoms with Gasteiger partial charge in [-0.15, -0.1) is 0 Å². The van der Waals surface area contributed by atoms with Gasteiger partial charge >= 0.3 is 0 Å². The summed E-state index contributed by atoms with van der Waals surface area (Å²) in [4.78, 5) is 0. The van der Waals surface area contributed by atoms with E-state index in [4.69, 9.17) is 14.7 Å². The summed E-state index contributed by atoms with van der Waals surface area (Å²) in [6.07, 6.45) is 3.18. The molecule has 0 heterocycles. The Morgan fingerprint density at radius 2 is 2.17 bits per heavy atom. The lowest BCUT2D eigenvalue weighted by molar-refractivity contribution is 0.0523. The van der Waals surface area contributed by atoms with Gasteiger partial charge in [-0.1, -0.05) is 0 Å². The van der Waals surface area contributed by atoms with Crippen LogP contribution in [-0.2, 0) is 0 Å². The van der Waals surface area contributed by atoms with Crippen LogP contribution in [-0.4, -0.2) is 24.4 Å². The summed E-state index contributed by atoms with van der Waals surface area (Å²) >= 11 is 0. The molecule has 0 aromatic heterocycles. The molecule has 96 valence electrons. The minimum Gasteiger partial charge on any atom is -0.493 e. The molecule has 0 spiro atoms. The predicted octanol–water partition coefficient (Wildman–Crippen LogP) is 2.25. The maximum Gasteiger partial charge on any atom is 0.162 e. The van der Waals surface area contributed by atoms with E-state index in [0.29, 0.717) is 23.5 Å². The molecule has 1 saturated carbocycles. The van der Waals surface area contributed by atoms with E-state index in [1.165, 1.54) is 0 Å². The van der Waals surface area contributed by atoms with Crippen molar-refractivity contribution in [2.75, 3.05) is 7.11 Å². The number of rotatable bonds is 3. The van der Waals surface area contributed by atoms with E-state index < -0.39 is 0 Å². The fourth-order valence-electron chi connectivity index (χ4n) is 2.24. The molecule has 0 saturated heterocycles. The Bertz CT molecular complexity index is 453. The second-order valence-corrected chi connectivity index (χ2v) is 4.54. The first-order chi connectivity index (χ1) is 8.72. The molecule has 4 nitrogen and oxygen atoms in total. The molecule has 1 aliphatic rings. The first-order valence-electron chi connectivity index (χ1n) is 6.16. The van der Waals surface area contributed by atoms with Crippen LogP contribution < -0.4 is 9.47 Å². The smallest absolute Gasteiger partial charge is 0.162 e. The quantitative estimate of drug-likeness (QED) is 0.889. The zero-order valence-electron chi connectivity index (χ0n) is 10.4. The molecular weight excluding hydrogens is 230 g/mol. The predicted molar refractivity (Wildman–Crippen MR) is 66.6 cm³/mol. The summed E-state index contributed by atoms with van der Waals surface area (Å²) in [7, 11) is 1.55. The molecule has 4 heteroatoms. The number of benzene rings is 1. The number of hydrogen-bond donors (Lipinski definition) is 1. The second-order valence-electron chi connectivity index (χ2n) is 4.54. The molecular formula is C14H17NO3. The van der Waals surface area contributed by atoms with Crippen LogP contribution in [0, 0.1) is 11.3 Å². The van der Waals surface area contributed by atoms with Crippen LogP contribution in [0.15, 0.2) is 18.2 Å². The number of nitrogens with zero attached hydrogens (tertiary/aromatic N) is 1. The maximum atomic E-state index is 9.61. The molecule has 18 heavy (non-hydrogen) atoms. The molecule has 1 aliphatic carbocycles. The van der Waals surface area contributed by atoms with E-state index in [1.54, 1.807) is 25.3 Å². The lowest BCUT2D eigenvalue weighted by atomic mass is 9.95. The van der Waals surface area contributed by atoms with E-state index in [0.717, 1.165) is 19.3 Å². The number of ether oxygens (including phenoxy) is 2. The van der Waals surface area contributed by atoms with Crippen molar-refractivity contribution < 1.29 is 14.6 Å². The van der Waals surface area contributed by atoms with Gasteiger partial charge in [0.1, 0.15) is 6.10 Å². The van der Waals surface area contributed by atoms with Crippen molar-refractivity contribution in [3.8, 4) is 17.6 Å². The molecule has 0 bridgehead atoms. The van der Waals surface area contributed by atoms with Gasteiger partial charge in [0, 0.05) is 12.5 Å². The third-order valence-corrected chi connectivity index (χ3v) is 3.18. The van der Waals surface area contributed by atoms with Gasteiger partial charge in [-0.2, -0.15) is 5.26 Å². The second kappa shape index (κ2) is 5.74. The number of aliphatic hydroxyl groups is 1. The number of nitriles is 1. The van der Waals surface area contributed by atoms with Gasteiger partial charge < -0.3 is 14.6 Å². The van der Waals surface area contributed by atoms with Crippen LogP contribution in [0.3, 0.4) is 0 Å². The molecule has 2 atom stereocenters. The minimum atomic E-state index is -0.270. The average Bonchev–Trinajstić information content (AvgIpc) is 2.39. The largest absolute Gasteiger partial charge is 0.493 e. The van der Waals surface area contributed by atoms with Crippen LogP contribution >= 0.6 is 0 Å². The molecule has 1 aromatic rings. The molecule has 0 radical (unpaired) electrons. The van der Waals surface area contributed by atoms with Crippen LogP contribution in [0.25, 0.3) is 0 Å². The normalized spacial score (nSPS) is 23.2. The van der Waals surface area contributed by atoms with Crippen molar-refractivity contribution in [1.82, 2.24) is 0 Å². The zero-order valence-corrected chi connectivity index (χ0v) is 10.4. The summed E-state index contributed by atoms with van der Waals surface area (Å²) < 4.78 is 11.1. The Balaban J connectivity index is 2.11. The lowest BCUT2D eigenvalue weighted by Gasteiger charge is -2.27. The van der Waals surface area contributed by atoms with E-state index in [9.17, 15) is 5.11 Å². The highest BCUT2D eigenvalue weighted by Crippen LogP contribution is 2.31. The Kier molecular flexibility index (Phi) is 4.06. The molecule has 0 aliphatic heterocycles. The van der Waals surface area contributed by atoms with E-state index in [2.05, 4.69) is 6.07 Å². The van der Waals surface area contributed by atoms with Crippen LogP contribution in [0.2, 0.25) is 0 Å². The van der Waals surface area contributed by atoms with Gasteiger partial charge in [-0.3, -0.25) is 0 Å². The van der Waals surface area contributed by atoms with Gasteiger partial charge in [0.2, 0.25) is 0 Å². The Morgan fingerprint density at radius 1 is 1.33 bits per heavy atom. The summed E-state index contributed by atoms with van der Waals surface area (Å²) in [5, 5.41) is 18.4. The van der Waals surface area contributed by atoms with Crippen LogP contribution in [0.4, 0.5) is 0 Å². The zero-order chi connectivity index (χ0) is 13.0. The number of aliphatic hydroxyl groups excluding tert-OH is 1. The molecule has 2 rings (SSSR count). The summed E-state index contributed by atoms with van der Waals surface area (Å²) in [5.74, 6) is 1.20. The highest BCUT2D eigenvalue weighted by atomic mass is 16.5. The van der Waals surface area contributed by atoms with Crippen LogP contribution in [0.5, 0.6) is 11.5 Å². The van der Waals surface area contributed by atoms with Gasteiger partial charge in [0.15, 0.2) is 11.5 Å². The fraction of sp³-hybridized carbons (Fsp3) is 0.500. The molecule has 1 N–H and O–H groups in total. The van der Waals surface area contributed by atoms with Crippen LogP contribution in [0.1, 0.15) is 31.2 Å². The highest BCUT2D eigenvalue weighted by Gasteiger charge is 2.22. The van der Waals surface area contributed by atoms with E-state index in [1.807, 2.05) is 0 Å². The van der Waals surface area contributed by atoms with Crippen molar-refractivity contribution in [3.05, 3.63) is 23.8 Å². The van der Waals surface area contributed by atoms with Gasteiger partial charge in [0.25, 0.3) is 0 Å². The Labute approximate surface area is 107 Å². The first kappa shape index (κ1) is 12.7. The Hall–Kier alpha value is -1.73. The molecule has 1 fully saturated rings. The third kappa shape index (κ3) is 2.93.